The van der Waals surface area contributed by atoms with Gasteiger partial charge < -0.3 is 15.1 Å². The lowest BCUT2D eigenvalue weighted by atomic mass is 10.00. The smallest absolute Gasteiger partial charge is 0.335 e. The molecular formula is C27H30ClN3O4. The van der Waals surface area contributed by atoms with Crippen molar-refractivity contribution in [3.05, 3.63) is 88.2 Å². The number of aliphatic hydroxyl groups is 1. The van der Waals surface area contributed by atoms with Crippen LogP contribution in [0.5, 0.6) is 0 Å². The van der Waals surface area contributed by atoms with Gasteiger partial charge >= 0.3 is 5.97 Å². The van der Waals surface area contributed by atoms with Crippen LogP contribution in [0.4, 0.5) is 11.4 Å². The molecule has 0 aliphatic heterocycles. The molecule has 0 amide bonds. The molecule has 0 radical (unpaired) electrons. The number of hydrogen-bond acceptors (Lipinski definition) is 6. The lowest BCUT2D eigenvalue weighted by molar-refractivity contribution is 0.0696. The Morgan fingerprint density at radius 2 is 1.69 bits per heavy atom. The number of carbonyl (C=O) groups excluding carboxylic acids is 1. The number of rotatable bonds is 12. The maximum absolute atomic E-state index is 13.1. The molecule has 1 unspecified atom stereocenters. The molecule has 7 nitrogen and oxygen atoms in total. The monoisotopic (exact) mass is 495 g/mol. The van der Waals surface area contributed by atoms with E-state index < -0.39 is 18.0 Å². The molecule has 3 rings (SSSR count). The summed E-state index contributed by atoms with van der Waals surface area (Å²) in [5.41, 5.74) is 2.25. The quantitative estimate of drug-likeness (QED) is 0.171. The molecule has 0 saturated carbocycles. The highest BCUT2D eigenvalue weighted by atomic mass is 35.5. The summed E-state index contributed by atoms with van der Waals surface area (Å²) in [6, 6.07) is 14.9. The van der Waals surface area contributed by atoms with Gasteiger partial charge in [-0.1, -0.05) is 37.8 Å². The average molecular weight is 496 g/mol. The Hall–Kier alpha value is -3.26. The number of carbonyl (C=O) groups is 2. The Kier molecular flexibility index (Phi) is 9.37. The number of anilines is 2. The van der Waals surface area contributed by atoms with Crippen molar-refractivity contribution in [2.75, 3.05) is 18.5 Å². The summed E-state index contributed by atoms with van der Waals surface area (Å²) in [6.07, 6.45) is 4.68. The fourth-order valence-electron chi connectivity index (χ4n) is 3.65. The van der Waals surface area contributed by atoms with Crippen LogP contribution in [0.25, 0.3) is 0 Å². The number of halogens is 1. The number of benzene rings is 2. The van der Waals surface area contributed by atoms with Crippen molar-refractivity contribution in [2.45, 2.75) is 38.8 Å². The summed E-state index contributed by atoms with van der Waals surface area (Å²) < 4.78 is 0. The lowest BCUT2D eigenvalue weighted by Crippen LogP contribution is -2.23. The molecule has 35 heavy (non-hydrogen) atoms. The average Bonchev–Trinajstić information content (AvgIpc) is 2.87. The first-order valence-electron chi connectivity index (χ1n) is 11.6. The fourth-order valence-corrected chi connectivity index (χ4v) is 3.78. The number of unbranched alkanes of at least 4 members (excludes halogenated alkanes) is 3. The minimum absolute atomic E-state index is 0.0724. The van der Waals surface area contributed by atoms with E-state index in [4.69, 9.17) is 11.6 Å². The number of aliphatic hydroxyl groups excluding tert-OH is 1. The van der Waals surface area contributed by atoms with E-state index in [1.807, 2.05) is 24.1 Å². The molecule has 3 N–H and O–H groups in total. The van der Waals surface area contributed by atoms with Gasteiger partial charge in [0.05, 0.1) is 17.4 Å². The number of aromatic nitrogens is 1. The fraction of sp³-hybridized carbons (Fsp3) is 0.296. The summed E-state index contributed by atoms with van der Waals surface area (Å²) in [5, 5.41) is 23.7. The van der Waals surface area contributed by atoms with Gasteiger partial charge in [-0.15, -0.1) is 0 Å². The van der Waals surface area contributed by atoms with Crippen LogP contribution in [0.2, 0.25) is 5.02 Å². The van der Waals surface area contributed by atoms with Gasteiger partial charge in [0.1, 0.15) is 11.9 Å². The maximum atomic E-state index is 13.1. The zero-order chi connectivity index (χ0) is 25.4. The number of ketones is 1. The minimum Gasteiger partial charge on any atom is -0.478 e. The molecule has 2 aromatic carbocycles. The molecule has 0 saturated heterocycles. The van der Waals surface area contributed by atoms with Crippen LogP contribution in [0.1, 0.15) is 70.8 Å². The van der Waals surface area contributed by atoms with Crippen LogP contribution in [-0.2, 0) is 0 Å². The summed E-state index contributed by atoms with van der Waals surface area (Å²) in [7, 11) is 1.88. The second-order valence-electron chi connectivity index (χ2n) is 8.33. The van der Waals surface area contributed by atoms with E-state index in [1.165, 1.54) is 18.2 Å². The third kappa shape index (κ3) is 7.11. The maximum Gasteiger partial charge on any atom is 0.335 e. The molecule has 0 fully saturated rings. The van der Waals surface area contributed by atoms with Crippen LogP contribution >= 0.6 is 11.6 Å². The van der Waals surface area contributed by atoms with E-state index in [9.17, 15) is 19.8 Å². The third-order valence-electron chi connectivity index (χ3n) is 5.73. The van der Waals surface area contributed by atoms with Crippen molar-refractivity contribution in [1.29, 1.82) is 0 Å². The largest absolute Gasteiger partial charge is 0.478 e. The van der Waals surface area contributed by atoms with Crippen LogP contribution in [0.3, 0.4) is 0 Å². The highest BCUT2D eigenvalue weighted by Crippen LogP contribution is 2.25. The van der Waals surface area contributed by atoms with Gasteiger partial charge in [0.15, 0.2) is 0 Å². The van der Waals surface area contributed by atoms with Crippen LogP contribution in [0, 0.1) is 0 Å². The van der Waals surface area contributed by atoms with Gasteiger partial charge in [-0.3, -0.25) is 15.1 Å². The van der Waals surface area contributed by atoms with E-state index in [1.54, 1.807) is 30.5 Å². The number of carboxylic acids is 1. The normalized spacial score (nSPS) is 11.8. The highest BCUT2D eigenvalue weighted by molar-refractivity contribution is 6.30. The molecule has 1 atom stereocenters. The first kappa shape index (κ1) is 26.3. The molecular weight excluding hydrogens is 466 g/mol. The summed E-state index contributed by atoms with van der Waals surface area (Å²) in [4.78, 5) is 31.0. The SMILES string of the molecule is CCCCCCNC(O)c1cc(C(=O)O)cc(C(=O)c2ccc(N(C)c3ccc(Cl)cc3)cn2)c1. The van der Waals surface area contributed by atoms with E-state index in [0.29, 0.717) is 17.1 Å². The molecule has 0 aliphatic rings. The second kappa shape index (κ2) is 12.4. The van der Waals surface area contributed by atoms with E-state index in [2.05, 4.69) is 17.2 Å². The Balaban J connectivity index is 1.78. The number of carboxylic acid groups (broad SMARTS) is 1. The van der Waals surface area contributed by atoms with Crippen molar-refractivity contribution >= 4 is 34.7 Å². The Morgan fingerprint density at radius 3 is 2.31 bits per heavy atom. The number of pyridine rings is 1. The number of nitrogens with one attached hydrogen (secondary N) is 1. The zero-order valence-electron chi connectivity index (χ0n) is 19.9. The van der Waals surface area contributed by atoms with Gasteiger partial charge in [0, 0.05) is 23.3 Å². The highest BCUT2D eigenvalue weighted by Gasteiger charge is 2.18. The molecule has 1 heterocycles. The Labute approximate surface area is 210 Å². The van der Waals surface area contributed by atoms with Gasteiger partial charge in [-0.05, 0) is 73.1 Å². The minimum atomic E-state index is -1.18. The molecule has 184 valence electrons. The summed E-state index contributed by atoms with van der Waals surface area (Å²) >= 11 is 5.96. The number of nitrogens with zero attached hydrogens (tertiary/aromatic N) is 2. The van der Waals surface area contributed by atoms with E-state index in [0.717, 1.165) is 37.1 Å². The first-order chi connectivity index (χ1) is 16.8. The molecule has 0 bridgehead atoms. The summed E-state index contributed by atoms with van der Waals surface area (Å²) in [6.45, 7) is 2.71. The van der Waals surface area contributed by atoms with Crippen molar-refractivity contribution in [3.63, 3.8) is 0 Å². The van der Waals surface area contributed by atoms with Crippen molar-refractivity contribution < 1.29 is 19.8 Å². The van der Waals surface area contributed by atoms with Crippen molar-refractivity contribution in [3.8, 4) is 0 Å². The molecule has 8 heteroatoms. The van der Waals surface area contributed by atoms with Gasteiger partial charge in [-0.25, -0.2) is 4.79 Å². The predicted molar refractivity (Wildman–Crippen MR) is 138 cm³/mol. The zero-order valence-corrected chi connectivity index (χ0v) is 20.6. The van der Waals surface area contributed by atoms with Gasteiger partial charge in [0.2, 0.25) is 5.78 Å². The number of aromatic carboxylic acids is 1. The molecule has 0 spiro atoms. The first-order valence-corrected chi connectivity index (χ1v) is 12.0. The Morgan fingerprint density at radius 1 is 1.00 bits per heavy atom. The van der Waals surface area contributed by atoms with Gasteiger partial charge in [0.25, 0.3) is 0 Å². The van der Waals surface area contributed by atoms with Crippen LogP contribution in [-0.4, -0.2) is 40.5 Å². The molecule has 0 aliphatic carbocycles. The third-order valence-corrected chi connectivity index (χ3v) is 5.98. The van der Waals surface area contributed by atoms with E-state index in [-0.39, 0.29) is 16.8 Å². The topological polar surface area (TPSA) is 103 Å². The summed E-state index contributed by atoms with van der Waals surface area (Å²) in [5.74, 6) is -1.60. The van der Waals surface area contributed by atoms with Gasteiger partial charge in [-0.2, -0.15) is 0 Å². The van der Waals surface area contributed by atoms with E-state index >= 15 is 0 Å². The Bertz CT molecular complexity index is 1150. The molecule has 3 aromatic rings. The van der Waals surface area contributed by atoms with Crippen LogP contribution < -0.4 is 10.2 Å². The number of hydrogen-bond donors (Lipinski definition) is 3. The van der Waals surface area contributed by atoms with Crippen LogP contribution in [0.15, 0.2) is 60.8 Å². The second-order valence-corrected chi connectivity index (χ2v) is 8.77. The van der Waals surface area contributed by atoms with Crippen molar-refractivity contribution in [2.24, 2.45) is 0 Å². The predicted octanol–water partition coefficient (Wildman–Crippen LogP) is 5.59. The molecule has 1 aromatic heterocycles. The van der Waals surface area contributed by atoms with Crippen molar-refractivity contribution in [1.82, 2.24) is 10.3 Å². The standard InChI is InChI=1S/C27H30ClN3O4/c1-3-4-5-6-13-29-26(33)19-14-18(15-20(16-19)27(34)35)25(32)24-12-11-23(17-30-24)31(2)22-9-7-21(28)8-10-22/h7-12,14-17,26,29,33H,3-6,13H2,1-2H3,(H,34,35). The lowest BCUT2D eigenvalue weighted by Gasteiger charge is -2.19.